The van der Waals surface area contributed by atoms with Crippen LogP contribution in [-0.2, 0) is 4.79 Å². The van der Waals surface area contributed by atoms with Crippen LogP contribution < -0.4 is 10.6 Å². The Morgan fingerprint density at radius 3 is 2.53 bits per heavy atom. The van der Waals surface area contributed by atoms with Crippen molar-refractivity contribution in [3.05, 3.63) is 0 Å². The Balaban J connectivity index is 2.13. The zero-order valence-electron chi connectivity index (χ0n) is 11.5. The highest BCUT2D eigenvalue weighted by Gasteiger charge is 2.16. The molecule has 2 atom stereocenters. The summed E-state index contributed by atoms with van der Waals surface area (Å²) in [5, 5.41) is 6.13. The number of amides is 1. The van der Waals surface area contributed by atoms with Crippen molar-refractivity contribution in [3.8, 4) is 0 Å². The molecule has 0 aromatic heterocycles. The minimum Gasteiger partial charge on any atom is -0.355 e. The van der Waals surface area contributed by atoms with Gasteiger partial charge in [-0.05, 0) is 52.2 Å². The summed E-state index contributed by atoms with van der Waals surface area (Å²) in [7, 11) is 0. The summed E-state index contributed by atoms with van der Waals surface area (Å²) in [5.41, 5.74) is 0. The molecule has 0 bridgehead atoms. The predicted octanol–water partition coefficient (Wildman–Crippen LogP) is 0.833. The zero-order chi connectivity index (χ0) is 12.7. The molecule has 1 aliphatic rings. The first-order chi connectivity index (χ1) is 8.13. The third-order valence-corrected chi connectivity index (χ3v) is 3.29. The van der Waals surface area contributed by atoms with Gasteiger partial charge < -0.3 is 15.5 Å². The molecule has 1 heterocycles. The summed E-state index contributed by atoms with van der Waals surface area (Å²) >= 11 is 0. The summed E-state index contributed by atoms with van der Waals surface area (Å²) in [6.07, 6.45) is 2.69. The van der Waals surface area contributed by atoms with E-state index in [1.165, 1.54) is 25.9 Å². The van der Waals surface area contributed by atoms with Crippen LogP contribution in [0.15, 0.2) is 0 Å². The molecule has 2 unspecified atom stereocenters. The lowest BCUT2D eigenvalue weighted by atomic mass is 10.1. The van der Waals surface area contributed by atoms with Crippen molar-refractivity contribution in [2.24, 2.45) is 5.92 Å². The fourth-order valence-corrected chi connectivity index (χ4v) is 2.27. The van der Waals surface area contributed by atoms with Crippen LogP contribution in [0.3, 0.4) is 0 Å². The molecule has 1 saturated heterocycles. The van der Waals surface area contributed by atoms with Crippen molar-refractivity contribution >= 4 is 5.91 Å². The zero-order valence-corrected chi connectivity index (χ0v) is 11.5. The van der Waals surface area contributed by atoms with Crippen LogP contribution >= 0.6 is 0 Å². The summed E-state index contributed by atoms with van der Waals surface area (Å²) in [5.74, 6) is 0.700. The molecule has 17 heavy (non-hydrogen) atoms. The second-order valence-electron chi connectivity index (χ2n) is 5.14. The smallest absolute Gasteiger partial charge is 0.236 e. The molecule has 0 radical (unpaired) electrons. The van der Waals surface area contributed by atoms with Gasteiger partial charge in [-0.3, -0.25) is 4.79 Å². The number of hydrogen-bond donors (Lipinski definition) is 2. The Bertz CT molecular complexity index is 227. The number of carbonyl (C=O) groups excluding carboxylic acids is 1. The van der Waals surface area contributed by atoms with Crippen LogP contribution in [0, 0.1) is 5.92 Å². The van der Waals surface area contributed by atoms with Crippen molar-refractivity contribution in [2.45, 2.75) is 39.7 Å². The van der Waals surface area contributed by atoms with Gasteiger partial charge in [0, 0.05) is 13.1 Å². The highest BCUT2D eigenvalue weighted by molar-refractivity contribution is 5.81. The summed E-state index contributed by atoms with van der Waals surface area (Å²) < 4.78 is 0. The van der Waals surface area contributed by atoms with Gasteiger partial charge in [-0.2, -0.15) is 0 Å². The second-order valence-corrected chi connectivity index (χ2v) is 5.14. The quantitative estimate of drug-likeness (QED) is 0.694. The first-order valence-corrected chi connectivity index (χ1v) is 6.87. The molecule has 2 N–H and O–H groups in total. The van der Waals surface area contributed by atoms with Crippen molar-refractivity contribution in [1.29, 1.82) is 0 Å². The standard InChI is InChI=1S/C13H27N3O/c1-4-14-13(17)12(3)15-9-11(2)10-16-7-5-6-8-16/h11-12,15H,4-10H2,1-3H3,(H,14,17). The van der Waals surface area contributed by atoms with Crippen molar-refractivity contribution in [1.82, 2.24) is 15.5 Å². The Kier molecular flexibility index (Phi) is 6.52. The Labute approximate surface area is 105 Å². The lowest BCUT2D eigenvalue weighted by molar-refractivity contribution is -0.122. The average molecular weight is 241 g/mol. The molecule has 0 aromatic rings. The van der Waals surface area contributed by atoms with E-state index in [0.717, 1.165) is 13.1 Å². The Morgan fingerprint density at radius 2 is 1.94 bits per heavy atom. The van der Waals surface area contributed by atoms with Gasteiger partial charge in [-0.25, -0.2) is 0 Å². The van der Waals surface area contributed by atoms with Crippen molar-refractivity contribution in [3.63, 3.8) is 0 Å². The maximum atomic E-state index is 11.5. The van der Waals surface area contributed by atoms with Gasteiger partial charge in [-0.15, -0.1) is 0 Å². The van der Waals surface area contributed by atoms with E-state index in [-0.39, 0.29) is 11.9 Å². The molecule has 1 amide bonds. The normalized spacial score (nSPS) is 20.2. The van der Waals surface area contributed by atoms with E-state index in [1.54, 1.807) is 0 Å². The highest BCUT2D eigenvalue weighted by atomic mass is 16.2. The monoisotopic (exact) mass is 241 g/mol. The predicted molar refractivity (Wildman–Crippen MR) is 71.0 cm³/mol. The molecule has 1 aliphatic heterocycles. The van der Waals surface area contributed by atoms with E-state index < -0.39 is 0 Å². The number of hydrogen-bond acceptors (Lipinski definition) is 3. The highest BCUT2D eigenvalue weighted by Crippen LogP contribution is 2.09. The fraction of sp³-hybridized carbons (Fsp3) is 0.923. The molecule has 4 nitrogen and oxygen atoms in total. The minimum atomic E-state index is -0.0871. The summed E-state index contributed by atoms with van der Waals surface area (Å²) in [4.78, 5) is 14.0. The van der Waals surface area contributed by atoms with Crippen LogP contribution in [-0.4, -0.2) is 49.6 Å². The van der Waals surface area contributed by atoms with Gasteiger partial charge >= 0.3 is 0 Å². The van der Waals surface area contributed by atoms with E-state index in [0.29, 0.717) is 12.5 Å². The molecular formula is C13H27N3O. The fourth-order valence-electron chi connectivity index (χ4n) is 2.27. The number of nitrogens with zero attached hydrogens (tertiary/aromatic N) is 1. The topological polar surface area (TPSA) is 44.4 Å². The lowest BCUT2D eigenvalue weighted by Gasteiger charge is -2.22. The average Bonchev–Trinajstić information content (AvgIpc) is 2.79. The molecule has 0 saturated carbocycles. The molecule has 0 aromatic carbocycles. The van der Waals surface area contributed by atoms with Crippen LogP contribution in [0.5, 0.6) is 0 Å². The van der Waals surface area contributed by atoms with Gasteiger partial charge in [0.1, 0.15) is 0 Å². The third kappa shape index (κ3) is 5.50. The number of likely N-dealkylation sites (tertiary alicyclic amines) is 1. The maximum absolute atomic E-state index is 11.5. The first-order valence-electron chi connectivity index (χ1n) is 6.87. The molecule has 0 spiro atoms. The lowest BCUT2D eigenvalue weighted by Crippen LogP contribution is -2.44. The van der Waals surface area contributed by atoms with E-state index in [2.05, 4.69) is 22.5 Å². The minimum absolute atomic E-state index is 0.0871. The van der Waals surface area contributed by atoms with Gasteiger partial charge in [0.05, 0.1) is 6.04 Å². The SMILES string of the molecule is CCNC(=O)C(C)NCC(C)CN1CCCC1. The van der Waals surface area contributed by atoms with Crippen molar-refractivity contribution in [2.75, 3.05) is 32.7 Å². The summed E-state index contributed by atoms with van der Waals surface area (Å²) in [6, 6.07) is -0.0871. The number of likely N-dealkylation sites (N-methyl/N-ethyl adjacent to an activating group) is 1. The van der Waals surface area contributed by atoms with Crippen LogP contribution in [0.25, 0.3) is 0 Å². The molecule has 4 heteroatoms. The van der Waals surface area contributed by atoms with Crippen LogP contribution in [0.2, 0.25) is 0 Å². The largest absolute Gasteiger partial charge is 0.355 e. The molecule has 1 rings (SSSR count). The first kappa shape index (κ1) is 14.5. The van der Waals surface area contributed by atoms with Crippen molar-refractivity contribution < 1.29 is 4.79 Å². The maximum Gasteiger partial charge on any atom is 0.236 e. The number of nitrogens with one attached hydrogen (secondary N) is 2. The Morgan fingerprint density at radius 1 is 1.29 bits per heavy atom. The van der Waals surface area contributed by atoms with E-state index in [1.807, 2.05) is 13.8 Å². The third-order valence-electron chi connectivity index (χ3n) is 3.29. The van der Waals surface area contributed by atoms with Gasteiger partial charge in [0.2, 0.25) is 5.91 Å². The Hall–Kier alpha value is -0.610. The molecule has 0 aliphatic carbocycles. The van der Waals surface area contributed by atoms with Gasteiger partial charge in [0.15, 0.2) is 0 Å². The van der Waals surface area contributed by atoms with E-state index in [4.69, 9.17) is 0 Å². The van der Waals surface area contributed by atoms with Crippen LogP contribution in [0.1, 0.15) is 33.6 Å². The number of rotatable bonds is 7. The summed E-state index contributed by atoms with van der Waals surface area (Å²) in [6.45, 7) is 11.4. The van der Waals surface area contributed by atoms with E-state index >= 15 is 0 Å². The molecule has 100 valence electrons. The second kappa shape index (κ2) is 7.67. The van der Waals surface area contributed by atoms with E-state index in [9.17, 15) is 4.79 Å². The van der Waals surface area contributed by atoms with Gasteiger partial charge in [-0.1, -0.05) is 6.92 Å². The molecular weight excluding hydrogens is 214 g/mol. The van der Waals surface area contributed by atoms with Gasteiger partial charge in [0.25, 0.3) is 0 Å². The molecule has 1 fully saturated rings. The van der Waals surface area contributed by atoms with Crippen LogP contribution in [0.4, 0.5) is 0 Å². The number of carbonyl (C=O) groups is 1.